The Kier molecular flexibility index (Phi) is 5.88. The molecule has 2 aliphatic carbocycles. The van der Waals surface area contributed by atoms with Gasteiger partial charge in [0.15, 0.2) is 0 Å². The second-order valence-corrected chi connectivity index (χ2v) is 13.0. The Balaban J connectivity index is 1.30. The Hall–Kier alpha value is -5.83. The summed E-state index contributed by atoms with van der Waals surface area (Å²) < 4.78 is 6.96. The molecule has 1 aromatic heterocycles. The van der Waals surface area contributed by atoms with E-state index in [2.05, 4.69) is 163 Å². The third-order valence-corrected chi connectivity index (χ3v) is 10.4. The van der Waals surface area contributed by atoms with E-state index in [4.69, 9.17) is 16.0 Å². The first kappa shape index (κ1) is 27.3. The number of nitrogens with zero attached hydrogens (tertiary/aromatic N) is 1. The average Bonchev–Trinajstić information content (AvgIpc) is 3.77. The lowest BCUT2D eigenvalue weighted by Crippen LogP contribution is -2.25. The largest absolute Gasteiger partial charge is 0.459 e. The number of hydrogen-bond acceptors (Lipinski definition) is 2. The van der Waals surface area contributed by atoms with Gasteiger partial charge in [-0.3, -0.25) is 0 Å². The molecule has 48 heavy (non-hydrogen) atoms. The fourth-order valence-corrected chi connectivity index (χ4v) is 8.53. The maximum absolute atomic E-state index is 7.13. The predicted molar refractivity (Wildman–Crippen MR) is 198 cm³/mol. The van der Waals surface area contributed by atoms with E-state index in [1.54, 1.807) is 0 Å². The summed E-state index contributed by atoms with van der Waals surface area (Å²) in [5.41, 5.74) is 14.0. The molecule has 0 bridgehead atoms. The van der Waals surface area contributed by atoms with Crippen molar-refractivity contribution >= 4 is 39.6 Å². The van der Waals surface area contributed by atoms with Crippen LogP contribution in [0.25, 0.3) is 44.3 Å². The minimum Gasteiger partial charge on any atom is -0.459 e. The molecule has 1 heterocycles. The normalized spacial score (nSPS) is 15.3. The van der Waals surface area contributed by atoms with E-state index >= 15 is 0 Å². The number of anilines is 3. The van der Waals surface area contributed by atoms with Crippen molar-refractivity contribution in [1.82, 2.24) is 0 Å². The van der Waals surface area contributed by atoms with Crippen LogP contribution < -0.4 is 4.90 Å². The zero-order chi connectivity index (χ0) is 31.8. The number of hydrogen-bond donors (Lipinski definition) is 0. The molecule has 7 aromatic carbocycles. The molecule has 0 aliphatic heterocycles. The van der Waals surface area contributed by atoms with E-state index in [0.29, 0.717) is 0 Å². The van der Waals surface area contributed by atoms with Crippen LogP contribution in [0.15, 0.2) is 174 Å². The topological polar surface area (TPSA) is 16.4 Å². The lowest BCUT2D eigenvalue weighted by Gasteiger charge is -2.30. The van der Waals surface area contributed by atoms with E-state index < -0.39 is 5.41 Å². The van der Waals surface area contributed by atoms with Gasteiger partial charge in [-0.15, -0.1) is 0 Å². The minimum absolute atomic E-state index is 0.662. The van der Waals surface area contributed by atoms with E-state index in [0.717, 1.165) is 55.5 Å². The lowest BCUT2D eigenvalue weighted by molar-refractivity contribution is 0.507. The van der Waals surface area contributed by atoms with Crippen molar-refractivity contribution in [2.45, 2.75) is 5.41 Å². The zero-order valence-electron chi connectivity index (χ0n) is 25.9. The van der Waals surface area contributed by atoms with Crippen LogP contribution in [0.5, 0.6) is 0 Å². The first-order valence-corrected chi connectivity index (χ1v) is 16.7. The molecule has 2 aliphatic rings. The third-order valence-electron chi connectivity index (χ3n) is 10.1. The van der Waals surface area contributed by atoms with Crippen LogP contribution in [-0.4, -0.2) is 0 Å². The highest BCUT2D eigenvalue weighted by molar-refractivity contribution is 6.34. The van der Waals surface area contributed by atoms with Gasteiger partial charge in [-0.2, -0.15) is 0 Å². The fourth-order valence-electron chi connectivity index (χ4n) is 8.26. The minimum atomic E-state index is -0.662. The summed E-state index contributed by atoms with van der Waals surface area (Å²) in [5, 5.41) is 1.83. The van der Waals surface area contributed by atoms with E-state index in [9.17, 15) is 0 Å². The van der Waals surface area contributed by atoms with Gasteiger partial charge in [0.2, 0.25) is 0 Å². The van der Waals surface area contributed by atoms with Gasteiger partial charge < -0.3 is 9.32 Å². The zero-order valence-corrected chi connectivity index (χ0v) is 26.7. The molecule has 1 atom stereocenters. The Morgan fingerprint density at radius 2 is 1.10 bits per heavy atom. The first-order chi connectivity index (χ1) is 23.7. The highest BCUT2D eigenvalue weighted by Crippen LogP contribution is 2.67. The lowest BCUT2D eigenvalue weighted by atomic mass is 9.73. The number of halogens is 1. The summed E-state index contributed by atoms with van der Waals surface area (Å²) in [6.45, 7) is 0. The molecule has 2 nitrogen and oxygen atoms in total. The summed E-state index contributed by atoms with van der Waals surface area (Å²) in [6.07, 6.45) is 0. The monoisotopic (exact) mass is 633 g/mol. The van der Waals surface area contributed by atoms with Crippen molar-refractivity contribution in [3.05, 3.63) is 197 Å². The Morgan fingerprint density at radius 1 is 0.479 bits per heavy atom. The van der Waals surface area contributed by atoms with Crippen molar-refractivity contribution < 1.29 is 4.42 Å². The number of fused-ring (bicyclic) bond motifs is 12. The first-order valence-electron chi connectivity index (χ1n) is 16.3. The second kappa shape index (κ2) is 10.3. The van der Waals surface area contributed by atoms with Crippen molar-refractivity contribution in [3.8, 4) is 33.4 Å². The van der Waals surface area contributed by atoms with Crippen molar-refractivity contribution in [3.63, 3.8) is 0 Å². The summed E-state index contributed by atoms with van der Waals surface area (Å²) >= 11 is 7.13. The smallest absolute Gasteiger partial charge is 0.135 e. The van der Waals surface area contributed by atoms with Gasteiger partial charge in [0, 0.05) is 38.5 Å². The van der Waals surface area contributed by atoms with Gasteiger partial charge in [-0.1, -0.05) is 139 Å². The van der Waals surface area contributed by atoms with Gasteiger partial charge in [-0.25, -0.2) is 0 Å². The summed E-state index contributed by atoms with van der Waals surface area (Å²) in [5.74, 6) is 0.937. The predicted octanol–water partition coefficient (Wildman–Crippen LogP) is 12.6. The highest BCUT2D eigenvalue weighted by Gasteiger charge is 2.56. The van der Waals surface area contributed by atoms with E-state index in [1.807, 2.05) is 12.1 Å². The Morgan fingerprint density at radius 3 is 1.96 bits per heavy atom. The number of para-hydroxylation sites is 2. The maximum Gasteiger partial charge on any atom is 0.135 e. The molecule has 10 rings (SSSR count). The highest BCUT2D eigenvalue weighted by atomic mass is 35.5. The quantitative estimate of drug-likeness (QED) is 0.192. The van der Waals surface area contributed by atoms with Crippen molar-refractivity contribution in [1.29, 1.82) is 0 Å². The fraction of sp³-hybridized carbons (Fsp3) is 0.0222. The number of benzene rings is 7. The molecule has 8 aromatic rings. The third kappa shape index (κ3) is 3.64. The van der Waals surface area contributed by atoms with E-state index in [1.165, 1.54) is 33.4 Å². The standard InChI is InChI=1S/C45H28ClNO/c46-38-25-12-23-37-43(38)42-34-21-8-10-27-40(34)48-44(42)45(37)35-22-9-7-20-33(35)41-36(45)24-13-26-39(41)47(31-17-5-2-6-18-31)32-19-11-16-30(28-32)29-14-3-1-4-15-29/h1-28H. The SMILES string of the molecule is Clc1cccc2c1-c1c(oc3ccccc13)C21c2ccccc2-c2c(N(c3ccccc3)c3cccc(-c4ccccc4)c3)cccc21. The molecule has 3 heteroatoms. The van der Waals surface area contributed by atoms with Crippen LogP contribution in [0.1, 0.15) is 22.5 Å². The van der Waals surface area contributed by atoms with Crippen LogP contribution in [0, 0.1) is 0 Å². The van der Waals surface area contributed by atoms with Gasteiger partial charge in [-0.05, 0) is 75.8 Å². The summed E-state index contributed by atoms with van der Waals surface area (Å²) in [6, 6.07) is 60.3. The molecule has 0 fully saturated rings. The van der Waals surface area contributed by atoms with E-state index in [-0.39, 0.29) is 0 Å². The molecule has 0 saturated carbocycles. The molecular formula is C45H28ClNO. The number of furan rings is 1. The van der Waals surface area contributed by atoms with Crippen LogP contribution >= 0.6 is 11.6 Å². The molecule has 1 spiro atoms. The molecular weight excluding hydrogens is 606 g/mol. The molecule has 0 N–H and O–H groups in total. The van der Waals surface area contributed by atoms with Crippen LogP contribution in [-0.2, 0) is 5.41 Å². The molecule has 0 amide bonds. The second-order valence-electron chi connectivity index (χ2n) is 12.5. The van der Waals surface area contributed by atoms with Crippen molar-refractivity contribution in [2.24, 2.45) is 0 Å². The molecule has 1 unspecified atom stereocenters. The van der Waals surface area contributed by atoms with Crippen LogP contribution in [0.3, 0.4) is 0 Å². The van der Waals surface area contributed by atoms with Gasteiger partial charge in [0.25, 0.3) is 0 Å². The van der Waals surface area contributed by atoms with Crippen molar-refractivity contribution in [2.75, 3.05) is 4.90 Å². The van der Waals surface area contributed by atoms with Crippen LogP contribution in [0.2, 0.25) is 5.02 Å². The van der Waals surface area contributed by atoms with Crippen LogP contribution in [0.4, 0.5) is 17.1 Å². The molecule has 0 radical (unpaired) electrons. The van der Waals surface area contributed by atoms with Gasteiger partial charge in [0.05, 0.1) is 5.69 Å². The van der Waals surface area contributed by atoms with Gasteiger partial charge >= 0.3 is 0 Å². The summed E-state index contributed by atoms with van der Waals surface area (Å²) in [4.78, 5) is 2.40. The Labute approximate surface area is 284 Å². The maximum atomic E-state index is 7.13. The molecule has 226 valence electrons. The summed E-state index contributed by atoms with van der Waals surface area (Å²) in [7, 11) is 0. The Bertz CT molecular complexity index is 2530. The number of rotatable bonds is 4. The molecule has 0 saturated heterocycles. The van der Waals surface area contributed by atoms with Gasteiger partial charge in [0.1, 0.15) is 16.8 Å². The average molecular weight is 634 g/mol.